The SMILES string of the molecule is CCCC1CCCC(NC(CC)CO)CC1. The van der Waals surface area contributed by atoms with Gasteiger partial charge in [0.15, 0.2) is 0 Å². The summed E-state index contributed by atoms with van der Waals surface area (Å²) in [5.74, 6) is 0.964. The predicted octanol–water partition coefficient (Wildman–Crippen LogP) is 3.10. The van der Waals surface area contributed by atoms with Gasteiger partial charge in [-0.25, -0.2) is 0 Å². The Kier molecular flexibility index (Phi) is 7.06. The Bertz CT molecular complexity index is 168. The van der Waals surface area contributed by atoms with Crippen molar-refractivity contribution in [3.05, 3.63) is 0 Å². The highest BCUT2D eigenvalue weighted by Crippen LogP contribution is 2.26. The minimum absolute atomic E-state index is 0.283. The first-order chi connectivity index (χ1) is 7.80. The van der Waals surface area contributed by atoms with Crippen molar-refractivity contribution in [1.29, 1.82) is 0 Å². The van der Waals surface area contributed by atoms with Gasteiger partial charge in [0.05, 0.1) is 6.61 Å². The summed E-state index contributed by atoms with van der Waals surface area (Å²) in [6, 6.07) is 0.965. The summed E-state index contributed by atoms with van der Waals surface area (Å²) in [5, 5.41) is 12.8. The number of hydrogen-bond donors (Lipinski definition) is 2. The lowest BCUT2D eigenvalue weighted by Gasteiger charge is -2.22. The number of rotatable bonds is 6. The standard InChI is InChI=1S/C14H29NO/c1-3-6-12-7-5-8-14(10-9-12)15-13(4-2)11-16/h12-16H,3-11H2,1-2H3. The Balaban J connectivity index is 2.29. The van der Waals surface area contributed by atoms with Gasteiger partial charge in [-0.2, -0.15) is 0 Å². The maximum atomic E-state index is 9.20. The molecule has 0 saturated heterocycles. The quantitative estimate of drug-likeness (QED) is 0.683. The first-order valence-electron chi connectivity index (χ1n) is 7.17. The highest BCUT2D eigenvalue weighted by atomic mass is 16.3. The maximum absolute atomic E-state index is 9.20. The van der Waals surface area contributed by atoms with Gasteiger partial charge >= 0.3 is 0 Å². The zero-order chi connectivity index (χ0) is 11.8. The van der Waals surface area contributed by atoms with Gasteiger partial charge < -0.3 is 10.4 Å². The van der Waals surface area contributed by atoms with Gasteiger partial charge in [-0.05, 0) is 31.6 Å². The van der Waals surface area contributed by atoms with Gasteiger partial charge in [-0.15, -0.1) is 0 Å². The lowest BCUT2D eigenvalue weighted by Crippen LogP contribution is -2.39. The highest BCUT2D eigenvalue weighted by Gasteiger charge is 2.19. The van der Waals surface area contributed by atoms with Crippen molar-refractivity contribution in [2.75, 3.05) is 6.61 Å². The van der Waals surface area contributed by atoms with E-state index in [1.54, 1.807) is 0 Å². The van der Waals surface area contributed by atoms with Gasteiger partial charge in [0.1, 0.15) is 0 Å². The van der Waals surface area contributed by atoms with Crippen LogP contribution in [0.2, 0.25) is 0 Å². The molecule has 96 valence electrons. The van der Waals surface area contributed by atoms with Gasteiger partial charge in [0, 0.05) is 12.1 Å². The second kappa shape index (κ2) is 8.08. The van der Waals surface area contributed by atoms with E-state index in [1.807, 2.05) is 0 Å². The van der Waals surface area contributed by atoms with Crippen molar-refractivity contribution >= 4 is 0 Å². The fourth-order valence-electron chi connectivity index (χ4n) is 2.88. The summed E-state index contributed by atoms with van der Waals surface area (Å²) in [6.45, 7) is 4.72. The number of hydrogen-bond acceptors (Lipinski definition) is 2. The summed E-state index contributed by atoms with van der Waals surface area (Å²) in [7, 11) is 0. The van der Waals surface area contributed by atoms with Gasteiger partial charge in [-0.1, -0.05) is 39.5 Å². The molecule has 16 heavy (non-hydrogen) atoms. The zero-order valence-electron chi connectivity index (χ0n) is 11.0. The second-order valence-electron chi connectivity index (χ2n) is 5.31. The Morgan fingerprint density at radius 3 is 2.62 bits per heavy atom. The minimum Gasteiger partial charge on any atom is -0.395 e. The van der Waals surface area contributed by atoms with Crippen LogP contribution in [0.5, 0.6) is 0 Å². The van der Waals surface area contributed by atoms with E-state index in [0.29, 0.717) is 12.1 Å². The molecular weight excluding hydrogens is 198 g/mol. The van der Waals surface area contributed by atoms with Crippen LogP contribution in [0.15, 0.2) is 0 Å². The zero-order valence-corrected chi connectivity index (χ0v) is 11.0. The molecule has 3 atom stereocenters. The van der Waals surface area contributed by atoms with Crippen LogP contribution in [0, 0.1) is 5.92 Å². The third kappa shape index (κ3) is 4.84. The van der Waals surface area contributed by atoms with E-state index in [2.05, 4.69) is 19.2 Å². The second-order valence-corrected chi connectivity index (χ2v) is 5.31. The number of nitrogens with one attached hydrogen (secondary N) is 1. The van der Waals surface area contributed by atoms with Crippen molar-refractivity contribution in [2.45, 2.75) is 77.3 Å². The molecule has 1 aliphatic rings. The molecule has 1 fully saturated rings. The van der Waals surface area contributed by atoms with E-state index in [-0.39, 0.29) is 6.61 Å². The van der Waals surface area contributed by atoms with Crippen LogP contribution in [0.3, 0.4) is 0 Å². The molecule has 3 unspecified atom stereocenters. The third-order valence-electron chi connectivity index (χ3n) is 3.97. The van der Waals surface area contributed by atoms with Crippen LogP contribution in [0.4, 0.5) is 0 Å². The maximum Gasteiger partial charge on any atom is 0.0584 e. The van der Waals surface area contributed by atoms with Crippen LogP contribution >= 0.6 is 0 Å². The summed E-state index contributed by atoms with van der Waals surface area (Å²) in [5.41, 5.74) is 0. The van der Waals surface area contributed by atoms with Crippen LogP contribution < -0.4 is 5.32 Å². The van der Waals surface area contributed by atoms with Crippen LogP contribution in [-0.4, -0.2) is 23.8 Å². The molecular formula is C14H29NO. The van der Waals surface area contributed by atoms with E-state index >= 15 is 0 Å². The molecule has 0 amide bonds. The lowest BCUT2D eigenvalue weighted by molar-refractivity contribution is 0.222. The van der Waals surface area contributed by atoms with Gasteiger partial charge in [-0.3, -0.25) is 0 Å². The van der Waals surface area contributed by atoms with E-state index in [1.165, 1.54) is 44.9 Å². The third-order valence-corrected chi connectivity index (χ3v) is 3.97. The van der Waals surface area contributed by atoms with Crippen LogP contribution in [0.1, 0.15) is 65.2 Å². The molecule has 0 heterocycles. The highest BCUT2D eigenvalue weighted by molar-refractivity contribution is 4.78. The van der Waals surface area contributed by atoms with Crippen molar-refractivity contribution in [1.82, 2.24) is 5.32 Å². The number of aliphatic hydroxyl groups excluding tert-OH is 1. The number of aliphatic hydroxyl groups is 1. The summed E-state index contributed by atoms with van der Waals surface area (Å²) >= 11 is 0. The fourth-order valence-corrected chi connectivity index (χ4v) is 2.88. The topological polar surface area (TPSA) is 32.3 Å². The van der Waals surface area contributed by atoms with Crippen LogP contribution in [0.25, 0.3) is 0 Å². The molecule has 1 saturated carbocycles. The average molecular weight is 227 g/mol. The molecule has 2 heteroatoms. The minimum atomic E-state index is 0.283. The van der Waals surface area contributed by atoms with E-state index < -0.39 is 0 Å². The van der Waals surface area contributed by atoms with E-state index in [4.69, 9.17) is 0 Å². The fraction of sp³-hybridized carbons (Fsp3) is 1.00. The molecule has 1 rings (SSSR count). The van der Waals surface area contributed by atoms with E-state index in [9.17, 15) is 5.11 Å². The Morgan fingerprint density at radius 1 is 1.19 bits per heavy atom. The molecule has 2 nitrogen and oxygen atoms in total. The molecule has 2 N–H and O–H groups in total. The predicted molar refractivity (Wildman–Crippen MR) is 69.6 cm³/mol. The normalized spacial score (nSPS) is 28.7. The summed E-state index contributed by atoms with van der Waals surface area (Å²) < 4.78 is 0. The molecule has 1 aliphatic carbocycles. The van der Waals surface area contributed by atoms with Gasteiger partial charge in [0.25, 0.3) is 0 Å². The average Bonchev–Trinajstić information content (AvgIpc) is 2.52. The Hall–Kier alpha value is -0.0800. The molecule has 0 aromatic rings. The van der Waals surface area contributed by atoms with Gasteiger partial charge in [0.2, 0.25) is 0 Å². The first-order valence-corrected chi connectivity index (χ1v) is 7.17. The van der Waals surface area contributed by atoms with Crippen LogP contribution in [-0.2, 0) is 0 Å². The lowest BCUT2D eigenvalue weighted by atomic mass is 9.95. The summed E-state index contributed by atoms with van der Waals surface area (Å²) in [6.07, 6.45) is 10.5. The summed E-state index contributed by atoms with van der Waals surface area (Å²) in [4.78, 5) is 0. The van der Waals surface area contributed by atoms with E-state index in [0.717, 1.165) is 12.3 Å². The largest absolute Gasteiger partial charge is 0.395 e. The van der Waals surface area contributed by atoms with Crippen molar-refractivity contribution < 1.29 is 5.11 Å². The monoisotopic (exact) mass is 227 g/mol. The van der Waals surface area contributed by atoms with Crippen molar-refractivity contribution in [3.8, 4) is 0 Å². The molecule has 0 radical (unpaired) electrons. The first kappa shape index (κ1) is 14.0. The Morgan fingerprint density at radius 2 is 2.00 bits per heavy atom. The molecule has 0 bridgehead atoms. The molecule has 0 aromatic carbocycles. The molecule has 0 aromatic heterocycles. The smallest absolute Gasteiger partial charge is 0.0584 e. The Labute approximate surface area is 101 Å². The van der Waals surface area contributed by atoms with Crippen molar-refractivity contribution in [3.63, 3.8) is 0 Å². The van der Waals surface area contributed by atoms with Crippen molar-refractivity contribution in [2.24, 2.45) is 5.92 Å². The molecule has 0 spiro atoms. The molecule has 0 aliphatic heterocycles.